The van der Waals surface area contributed by atoms with Crippen molar-refractivity contribution < 1.29 is 28.4 Å². The van der Waals surface area contributed by atoms with E-state index in [0.717, 1.165) is 24.3 Å². The van der Waals surface area contributed by atoms with Gasteiger partial charge < -0.3 is 34.2 Å². The first-order valence-corrected chi connectivity index (χ1v) is 12.5. The Morgan fingerprint density at radius 1 is 1.08 bits per heavy atom. The van der Waals surface area contributed by atoms with Crippen molar-refractivity contribution in [2.45, 2.75) is 64.0 Å². The highest BCUT2D eigenvalue weighted by atomic mass is 16.6. The number of para-hydroxylation sites is 2. The van der Waals surface area contributed by atoms with Gasteiger partial charge in [0, 0.05) is 18.0 Å². The number of methoxy groups -OCH3 is 2. The predicted molar refractivity (Wildman–Crippen MR) is 138 cm³/mol. The zero-order valence-corrected chi connectivity index (χ0v) is 22.0. The molecule has 196 valence electrons. The van der Waals surface area contributed by atoms with Gasteiger partial charge >= 0.3 is 0 Å². The first-order valence-electron chi connectivity index (χ1n) is 12.5. The Bertz CT molecular complexity index is 1050. The van der Waals surface area contributed by atoms with E-state index in [4.69, 9.17) is 34.2 Å². The summed E-state index contributed by atoms with van der Waals surface area (Å²) in [5.41, 5.74) is 6.32. The van der Waals surface area contributed by atoms with Crippen molar-refractivity contribution in [1.82, 2.24) is 0 Å². The van der Waals surface area contributed by atoms with E-state index in [1.165, 1.54) is 0 Å². The molecule has 0 amide bonds. The third kappa shape index (κ3) is 6.08. The molecule has 36 heavy (non-hydrogen) atoms. The fraction of sp³-hybridized carbons (Fsp3) is 0.536. The van der Waals surface area contributed by atoms with E-state index in [9.17, 15) is 5.26 Å². The smallest absolute Gasteiger partial charge is 0.207 e. The number of rotatable bonds is 13. The predicted octanol–water partition coefficient (Wildman–Crippen LogP) is 5.01. The van der Waals surface area contributed by atoms with E-state index in [1.54, 1.807) is 14.2 Å². The average molecular weight is 499 g/mol. The molecule has 8 heteroatoms. The summed E-state index contributed by atoms with van der Waals surface area (Å²) >= 11 is 0. The lowest BCUT2D eigenvalue weighted by Crippen LogP contribution is -2.36. The van der Waals surface area contributed by atoms with E-state index < -0.39 is 5.41 Å². The SMILES string of the molecule is CCOc1cc(C(C)(C#N)CCCC(N)CC2COc3ccccc3O2)c(OCC)c(OC)c1OC. The zero-order valence-electron chi connectivity index (χ0n) is 22.0. The Balaban J connectivity index is 1.72. The maximum absolute atomic E-state index is 10.3. The van der Waals surface area contributed by atoms with Gasteiger partial charge in [-0.15, -0.1) is 0 Å². The molecular formula is C28H38N2O6. The van der Waals surface area contributed by atoms with E-state index in [-0.39, 0.29) is 12.1 Å². The standard InChI is InChI=1S/C28H38N2O6/c1-6-33-24-16-21(25(34-7-2)27(32-5)26(24)31-4)28(3,18-29)14-10-11-19(30)15-20-17-35-22-12-8-9-13-23(22)36-20/h8-9,12-13,16,19-20H,6-7,10-11,14-15,17,30H2,1-5H3. The third-order valence-electron chi connectivity index (χ3n) is 6.38. The van der Waals surface area contributed by atoms with Crippen molar-refractivity contribution in [2.75, 3.05) is 34.0 Å². The molecule has 8 nitrogen and oxygen atoms in total. The molecule has 0 bridgehead atoms. The van der Waals surface area contributed by atoms with Crippen LogP contribution in [0.5, 0.6) is 34.5 Å². The lowest BCUT2D eigenvalue weighted by Gasteiger charge is -2.29. The minimum Gasteiger partial charge on any atom is -0.490 e. The average Bonchev–Trinajstić information content (AvgIpc) is 2.89. The number of nitriles is 1. The fourth-order valence-electron chi connectivity index (χ4n) is 4.54. The van der Waals surface area contributed by atoms with Crippen molar-refractivity contribution >= 4 is 0 Å². The molecule has 2 aromatic carbocycles. The molecule has 0 spiro atoms. The van der Waals surface area contributed by atoms with Gasteiger partial charge in [-0.3, -0.25) is 0 Å². The summed E-state index contributed by atoms with van der Waals surface area (Å²) in [5.74, 6) is 3.40. The maximum Gasteiger partial charge on any atom is 0.207 e. The van der Waals surface area contributed by atoms with Crippen molar-refractivity contribution in [3.8, 4) is 40.6 Å². The third-order valence-corrected chi connectivity index (χ3v) is 6.38. The monoisotopic (exact) mass is 498 g/mol. The van der Waals surface area contributed by atoms with Gasteiger partial charge in [0.25, 0.3) is 0 Å². The summed E-state index contributed by atoms with van der Waals surface area (Å²) in [6.45, 7) is 7.04. The molecule has 3 rings (SSSR count). The molecule has 3 atom stereocenters. The van der Waals surface area contributed by atoms with Crippen LogP contribution in [-0.2, 0) is 5.41 Å². The number of benzene rings is 2. The van der Waals surface area contributed by atoms with Gasteiger partial charge in [0.15, 0.2) is 23.0 Å². The van der Waals surface area contributed by atoms with Gasteiger partial charge in [-0.2, -0.15) is 5.26 Å². The molecule has 1 aliphatic rings. The van der Waals surface area contributed by atoms with Gasteiger partial charge in [-0.1, -0.05) is 12.1 Å². The van der Waals surface area contributed by atoms with Crippen LogP contribution in [0.1, 0.15) is 52.0 Å². The fourth-order valence-corrected chi connectivity index (χ4v) is 4.54. The summed E-state index contributed by atoms with van der Waals surface area (Å²) in [6, 6.07) is 11.9. The Kier molecular flexibility index (Phi) is 9.54. The van der Waals surface area contributed by atoms with Crippen LogP contribution in [-0.4, -0.2) is 46.2 Å². The molecule has 0 radical (unpaired) electrons. The van der Waals surface area contributed by atoms with Crippen LogP contribution in [0.15, 0.2) is 30.3 Å². The lowest BCUT2D eigenvalue weighted by molar-refractivity contribution is 0.0789. The van der Waals surface area contributed by atoms with Crippen molar-refractivity contribution in [3.63, 3.8) is 0 Å². The van der Waals surface area contributed by atoms with Crippen LogP contribution in [0.3, 0.4) is 0 Å². The molecule has 0 saturated heterocycles. The summed E-state index contributed by atoms with van der Waals surface area (Å²) in [5, 5.41) is 10.3. The molecule has 2 aromatic rings. The number of hydrogen-bond donors (Lipinski definition) is 1. The van der Waals surface area contributed by atoms with Crippen LogP contribution in [0.2, 0.25) is 0 Å². The largest absolute Gasteiger partial charge is 0.490 e. The van der Waals surface area contributed by atoms with Crippen LogP contribution in [0, 0.1) is 11.3 Å². The molecule has 0 saturated carbocycles. The maximum atomic E-state index is 10.3. The van der Waals surface area contributed by atoms with Crippen molar-refractivity contribution in [3.05, 3.63) is 35.9 Å². The Morgan fingerprint density at radius 2 is 1.78 bits per heavy atom. The van der Waals surface area contributed by atoms with Gasteiger partial charge in [0.05, 0.1) is 38.9 Å². The Labute approximate surface area is 214 Å². The first kappa shape index (κ1) is 27.3. The van der Waals surface area contributed by atoms with E-state index in [1.807, 2.05) is 51.1 Å². The van der Waals surface area contributed by atoms with Crippen LogP contribution >= 0.6 is 0 Å². The summed E-state index contributed by atoms with van der Waals surface area (Å²) in [6.07, 6.45) is 2.66. The molecule has 0 fully saturated rings. The molecule has 1 aliphatic heterocycles. The lowest BCUT2D eigenvalue weighted by atomic mass is 9.78. The van der Waals surface area contributed by atoms with Crippen LogP contribution in [0.25, 0.3) is 0 Å². The first-order chi connectivity index (χ1) is 17.4. The minimum atomic E-state index is -0.848. The second-order valence-electron chi connectivity index (χ2n) is 9.01. The van der Waals surface area contributed by atoms with E-state index in [2.05, 4.69) is 6.07 Å². The summed E-state index contributed by atoms with van der Waals surface area (Å²) < 4.78 is 34.9. The van der Waals surface area contributed by atoms with E-state index in [0.29, 0.717) is 61.2 Å². The summed E-state index contributed by atoms with van der Waals surface area (Å²) in [4.78, 5) is 0. The normalized spacial score (nSPS) is 16.9. The van der Waals surface area contributed by atoms with E-state index >= 15 is 0 Å². The van der Waals surface area contributed by atoms with Gasteiger partial charge in [-0.25, -0.2) is 0 Å². The second kappa shape index (κ2) is 12.6. The number of nitrogens with zero attached hydrogens (tertiary/aromatic N) is 1. The highest BCUT2D eigenvalue weighted by Gasteiger charge is 2.35. The van der Waals surface area contributed by atoms with Gasteiger partial charge in [0.1, 0.15) is 12.7 Å². The molecule has 0 aromatic heterocycles. The zero-order chi connectivity index (χ0) is 26.1. The Hall–Kier alpha value is -3.31. The second-order valence-corrected chi connectivity index (χ2v) is 9.01. The number of ether oxygens (including phenoxy) is 6. The van der Waals surface area contributed by atoms with Crippen molar-refractivity contribution in [2.24, 2.45) is 5.73 Å². The molecule has 0 aliphatic carbocycles. The topological polar surface area (TPSA) is 105 Å². The van der Waals surface area contributed by atoms with Gasteiger partial charge in [0.2, 0.25) is 11.5 Å². The number of fused-ring (bicyclic) bond motifs is 1. The Morgan fingerprint density at radius 3 is 2.42 bits per heavy atom. The molecule has 1 heterocycles. The van der Waals surface area contributed by atoms with Crippen LogP contribution in [0.4, 0.5) is 0 Å². The van der Waals surface area contributed by atoms with Crippen LogP contribution < -0.4 is 34.2 Å². The number of nitrogens with two attached hydrogens (primary N) is 1. The highest BCUT2D eigenvalue weighted by Crippen LogP contribution is 2.51. The number of hydrogen-bond acceptors (Lipinski definition) is 8. The highest BCUT2D eigenvalue weighted by molar-refractivity contribution is 5.65. The molecular weight excluding hydrogens is 460 g/mol. The van der Waals surface area contributed by atoms with Crippen molar-refractivity contribution in [1.29, 1.82) is 5.26 Å². The van der Waals surface area contributed by atoms with Gasteiger partial charge in [-0.05, 0) is 58.2 Å². The minimum absolute atomic E-state index is 0.0810. The summed E-state index contributed by atoms with van der Waals surface area (Å²) in [7, 11) is 3.11. The molecule has 3 unspecified atom stereocenters. The quantitative estimate of drug-likeness (QED) is 0.411. The molecule has 2 N–H and O–H groups in total.